The van der Waals surface area contributed by atoms with Gasteiger partial charge in [0, 0.05) is 12.7 Å². The summed E-state index contributed by atoms with van der Waals surface area (Å²) in [5.41, 5.74) is 3.59. The van der Waals surface area contributed by atoms with Gasteiger partial charge in [-0.1, -0.05) is 32.4 Å². The van der Waals surface area contributed by atoms with Crippen molar-refractivity contribution < 1.29 is 0 Å². The van der Waals surface area contributed by atoms with E-state index in [9.17, 15) is 0 Å². The average Bonchev–Trinajstić information content (AvgIpc) is 2.86. The summed E-state index contributed by atoms with van der Waals surface area (Å²) in [6.07, 6.45) is 4.35. The molecule has 0 aliphatic rings. The fourth-order valence-corrected chi connectivity index (χ4v) is 1.96. The van der Waals surface area contributed by atoms with Crippen molar-refractivity contribution in [3.8, 4) is 5.69 Å². The van der Waals surface area contributed by atoms with Crippen LogP contribution >= 0.6 is 0 Å². The molecule has 0 unspecified atom stereocenters. The van der Waals surface area contributed by atoms with E-state index >= 15 is 0 Å². The van der Waals surface area contributed by atoms with Crippen LogP contribution < -0.4 is 5.32 Å². The Labute approximate surface area is 109 Å². The lowest BCUT2D eigenvalue weighted by atomic mass is 10.1. The fourth-order valence-electron chi connectivity index (χ4n) is 1.96. The maximum atomic E-state index is 4.55. The van der Waals surface area contributed by atoms with E-state index in [4.69, 9.17) is 0 Å². The van der Waals surface area contributed by atoms with Gasteiger partial charge in [0.1, 0.15) is 0 Å². The van der Waals surface area contributed by atoms with Crippen LogP contribution in [0.4, 0.5) is 0 Å². The Morgan fingerprint density at radius 1 is 1.11 bits per heavy atom. The smallest absolute Gasteiger partial charge is 0.0766 e. The second kappa shape index (κ2) is 6.36. The molecule has 0 amide bonds. The van der Waals surface area contributed by atoms with E-state index in [1.54, 1.807) is 0 Å². The minimum Gasteiger partial charge on any atom is -0.311 e. The molecule has 1 aromatic carbocycles. The van der Waals surface area contributed by atoms with Crippen molar-refractivity contribution >= 4 is 0 Å². The van der Waals surface area contributed by atoms with Gasteiger partial charge in [-0.15, -0.1) is 0 Å². The molecule has 1 heterocycles. The summed E-state index contributed by atoms with van der Waals surface area (Å²) < 4.78 is 1.93. The molecule has 3 nitrogen and oxygen atoms in total. The summed E-state index contributed by atoms with van der Waals surface area (Å²) in [6.45, 7) is 6.11. The quantitative estimate of drug-likeness (QED) is 0.845. The highest BCUT2D eigenvalue weighted by atomic mass is 15.3. The maximum absolute atomic E-state index is 4.55. The van der Waals surface area contributed by atoms with Crippen LogP contribution in [0.25, 0.3) is 5.69 Å². The van der Waals surface area contributed by atoms with Crippen LogP contribution in [-0.4, -0.2) is 16.3 Å². The molecule has 0 saturated heterocycles. The third kappa shape index (κ3) is 3.20. The van der Waals surface area contributed by atoms with Gasteiger partial charge < -0.3 is 5.32 Å². The van der Waals surface area contributed by atoms with E-state index in [0.717, 1.165) is 30.9 Å². The number of benzene rings is 1. The highest BCUT2D eigenvalue weighted by Gasteiger charge is 2.00. The van der Waals surface area contributed by atoms with E-state index in [1.807, 2.05) is 10.9 Å². The van der Waals surface area contributed by atoms with Crippen molar-refractivity contribution in [2.75, 3.05) is 6.54 Å². The topological polar surface area (TPSA) is 29.9 Å². The van der Waals surface area contributed by atoms with Crippen molar-refractivity contribution in [2.24, 2.45) is 0 Å². The lowest BCUT2D eigenvalue weighted by Crippen LogP contribution is -2.12. The van der Waals surface area contributed by atoms with Gasteiger partial charge in [0.2, 0.25) is 0 Å². The summed E-state index contributed by atoms with van der Waals surface area (Å²) in [5, 5.41) is 7.83. The van der Waals surface area contributed by atoms with E-state index in [-0.39, 0.29) is 0 Å². The van der Waals surface area contributed by atoms with Gasteiger partial charge in [-0.3, -0.25) is 0 Å². The lowest BCUT2D eigenvalue weighted by Gasteiger charge is -2.03. The molecule has 0 bridgehead atoms. The number of aromatic nitrogens is 2. The predicted octanol–water partition coefficient (Wildman–Crippen LogP) is 2.93. The summed E-state index contributed by atoms with van der Waals surface area (Å²) in [6, 6.07) is 10.7. The highest BCUT2D eigenvalue weighted by Crippen LogP contribution is 2.11. The van der Waals surface area contributed by atoms with Crippen LogP contribution in [0.3, 0.4) is 0 Å². The van der Waals surface area contributed by atoms with Crippen molar-refractivity contribution in [1.29, 1.82) is 0 Å². The lowest BCUT2D eigenvalue weighted by molar-refractivity contribution is 0.696. The van der Waals surface area contributed by atoms with Crippen LogP contribution in [-0.2, 0) is 13.0 Å². The Hall–Kier alpha value is -1.61. The number of rotatable bonds is 6. The zero-order chi connectivity index (χ0) is 12.8. The second-order valence-electron chi connectivity index (χ2n) is 4.45. The van der Waals surface area contributed by atoms with Crippen LogP contribution in [0.2, 0.25) is 0 Å². The molecule has 0 spiro atoms. The standard InChI is InChI=1S/C15H21N3/c1-3-5-13-6-8-15(9-7-13)18-11-10-14(17-18)12-16-4-2/h6-11,16H,3-5,12H2,1-2H3. The normalized spacial score (nSPS) is 10.8. The second-order valence-corrected chi connectivity index (χ2v) is 4.45. The van der Waals surface area contributed by atoms with Crippen molar-refractivity contribution in [2.45, 2.75) is 33.2 Å². The van der Waals surface area contributed by atoms with E-state index in [0.29, 0.717) is 0 Å². The van der Waals surface area contributed by atoms with Gasteiger partial charge in [0.15, 0.2) is 0 Å². The summed E-state index contributed by atoms with van der Waals surface area (Å²) >= 11 is 0. The largest absolute Gasteiger partial charge is 0.311 e. The van der Waals surface area contributed by atoms with Crippen LogP contribution in [0.5, 0.6) is 0 Å². The molecule has 3 heteroatoms. The van der Waals surface area contributed by atoms with Crippen LogP contribution in [0.1, 0.15) is 31.5 Å². The molecule has 0 aliphatic carbocycles. The Bertz CT molecular complexity index is 471. The van der Waals surface area contributed by atoms with Crippen molar-refractivity contribution in [3.63, 3.8) is 0 Å². The molecule has 1 N–H and O–H groups in total. The van der Waals surface area contributed by atoms with Crippen molar-refractivity contribution in [1.82, 2.24) is 15.1 Å². The minimum atomic E-state index is 0.831. The monoisotopic (exact) mass is 243 g/mol. The van der Waals surface area contributed by atoms with Crippen LogP contribution in [0, 0.1) is 0 Å². The van der Waals surface area contributed by atoms with Gasteiger partial charge in [0.05, 0.1) is 11.4 Å². The molecule has 0 radical (unpaired) electrons. The molecule has 2 rings (SSSR count). The number of nitrogens with zero attached hydrogens (tertiary/aromatic N) is 2. The number of hydrogen-bond acceptors (Lipinski definition) is 2. The van der Waals surface area contributed by atoms with Gasteiger partial charge in [-0.2, -0.15) is 5.10 Å². The zero-order valence-electron chi connectivity index (χ0n) is 11.2. The number of aryl methyl sites for hydroxylation is 1. The van der Waals surface area contributed by atoms with Gasteiger partial charge in [-0.25, -0.2) is 4.68 Å². The molecule has 1 aromatic heterocycles. The number of hydrogen-bond donors (Lipinski definition) is 1. The van der Waals surface area contributed by atoms with Gasteiger partial charge in [0.25, 0.3) is 0 Å². The first-order valence-corrected chi connectivity index (χ1v) is 6.68. The Morgan fingerprint density at radius 3 is 2.56 bits per heavy atom. The van der Waals surface area contributed by atoms with Crippen molar-refractivity contribution in [3.05, 3.63) is 47.8 Å². The number of nitrogens with one attached hydrogen (secondary N) is 1. The molecule has 96 valence electrons. The third-order valence-electron chi connectivity index (χ3n) is 2.94. The highest BCUT2D eigenvalue weighted by molar-refractivity contribution is 5.34. The van der Waals surface area contributed by atoms with Gasteiger partial charge in [-0.05, 0) is 36.7 Å². The van der Waals surface area contributed by atoms with E-state index < -0.39 is 0 Å². The molecular formula is C15H21N3. The Morgan fingerprint density at radius 2 is 1.89 bits per heavy atom. The predicted molar refractivity (Wildman–Crippen MR) is 74.9 cm³/mol. The zero-order valence-corrected chi connectivity index (χ0v) is 11.2. The van der Waals surface area contributed by atoms with Crippen LogP contribution in [0.15, 0.2) is 36.5 Å². The molecule has 2 aromatic rings. The molecule has 18 heavy (non-hydrogen) atoms. The average molecular weight is 243 g/mol. The molecular weight excluding hydrogens is 222 g/mol. The molecule has 0 atom stereocenters. The Kier molecular flexibility index (Phi) is 4.53. The minimum absolute atomic E-state index is 0.831. The first kappa shape index (κ1) is 12.8. The maximum Gasteiger partial charge on any atom is 0.0766 e. The van der Waals surface area contributed by atoms with E-state index in [2.05, 4.69) is 54.6 Å². The first-order chi connectivity index (χ1) is 8.83. The summed E-state index contributed by atoms with van der Waals surface area (Å²) in [7, 11) is 0. The fraction of sp³-hybridized carbons (Fsp3) is 0.400. The van der Waals surface area contributed by atoms with E-state index in [1.165, 1.54) is 12.0 Å². The molecule has 0 saturated carbocycles. The summed E-state index contributed by atoms with van der Waals surface area (Å²) in [4.78, 5) is 0. The third-order valence-corrected chi connectivity index (χ3v) is 2.94. The SMILES string of the molecule is CCCc1ccc(-n2ccc(CNCC)n2)cc1. The summed E-state index contributed by atoms with van der Waals surface area (Å²) in [5.74, 6) is 0. The Balaban J connectivity index is 2.08. The van der Waals surface area contributed by atoms with Gasteiger partial charge >= 0.3 is 0 Å². The molecule has 0 fully saturated rings. The first-order valence-electron chi connectivity index (χ1n) is 6.68. The molecule has 0 aliphatic heterocycles.